The van der Waals surface area contributed by atoms with Crippen LogP contribution in [0.25, 0.3) is 5.57 Å². The predicted octanol–water partition coefficient (Wildman–Crippen LogP) is 2.64. The molecule has 0 amide bonds. The van der Waals surface area contributed by atoms with Crippen LogP contribution < -0.4 is 0 Å². The van der Waals surface area contributed by atoms with E-state index in [2.05, 4.69) is 0 Å². The monoisotopic (exact) mass is 248 g/mol. The summed E-state index contributed by atoms with van der Waals surface area (Å²) in [7, 11) is 1.35. The van der Waals surface area contributed by atoms with Gasteiger partial charge in [0.15, 0.2) is 5.60 Å². The molecule has 0 bridgehead atoms. The van der Waals surface area contributed by atoms with Crippen molar-refractivity contribution in [3.05, 3.63) is 53.9 Å². The number of ether oxygens (including phenoxy) is 1. The quantitative estimate of drug-likeness (QED) is 0.894. The maximum absolute atomic E-state index is 13.6. The Bertz CT molecular complexity index is 534. The van der Waals surface area contributed by atoms with Gasteiger partial charge in [-0.15, -0.1) is 0 Å². The second-order valence-electron chi connectivity index (χ2n) is 4.08. The molecule has 1 aliphatic carbocycles. The topological polar surface area (TPSA) is 46.5 Å². The van der Waals surface area contributed by atoms with Gasteiger partial charge in [0.1, 0.15) is 5.82 Å². The number of hydrogen-bond donors (Lipinski definition) is 1. The molecule has 4 heteroatoms. The van der Waals surface area contributed by atoms with Crippen LogP contribution in [0.3, 0.4) is 0 Å². The molecule has 1 unspecified atom stereocenters. The third kappa shape index (κ3) is 2.07. The number of hydrogen-bond acceptors (Lipinski definition) is 2. The first-order chi connectivity index (χ1) is 8.59. The van der Waals surface area contributed by atoms with Crippen LogP contribution in [0.4, 0.5) is 4.39 Å². The minimum Gasteiger partial charge on any atom is -0.479 e. The van der Waals surface area contributed by atoms with E-state index >= 15 is 0 Å². The van der Waals surface area contributed by atoms with Gasteiger partial charge in [0.25, 0.3) is 0 Å². The van der Waals surface area contributed by atoms with Gasteiger partial charge in [0.2, 0.25) is 0 Å². The Labute approximate surface area is 104 Å². The highest BCUT2D eigenvalue weighted by molar-refractivity contribution is 5.85. The molecule has 3 nitrogen and oxygen atoms in total. The van der Waals surface area contributed by atoms with E-state index in [1.807, 2.05) is 0 Å². The highest BCUT2D eigenvalue weighted by Crippen LogP contribution is 2.30. The van der Waals surface area contributed by atoms with Gasteiger partial charge in [-0.05, 0) is 17.7 Å². The summed E-state index contributed by atoms with van der Waals surface area (Å²) in [6, 6.07) is 6.39. The molecule has 2 rings (SSSR count). The maximum atomic E-state index is 13.6. The summed E-state index contributed by atoms with van der Waals surface area (Å²) in [5.41, 5.74) is -0.208. The van der Waals surface area contributed by atoms with Crippen molar-refractivity contribution in [2.75, 3.05) is 7.11 Å². The molecular weight excluding hydrogens is 235 g/mol. The lowest BCUT2D eigenvalue weighted by Gasteiger charge is -2.26. The van der Waals surface area contributed by atoms with E-state index in [9.17, 15) is 9.18 Å². The van der Waals surface area contributed by atoms with E-state index in [1.54, 1.807) is 30.4 Å². The first kappa shape index (κ1) is 12.5. The molecule has 18 heavy (non-hydrogen) atoms. The molecule has 0 radical (unpaired) electrons. The van der Waals surface area contributed by atoms with E-state index in [-0.39, 0.29) is 12.2 Å². The van der Waals surface area contributed by atoms with E-state index in [0.29, 0.717) is 11.1 Å². The van der Waals surface area contributed by atoms with Crippen molar-refractivity contribution in [2.24, 2.45) is 0 Å². The summed E-state index contributed by atoms with van der Waals surface area (Å²) in [6.07, 6.45) is 4.89. The fraction of sp³-hybridized carbons (Fsp3) is 0.214. The Hall–Kier alpha value is -1.94. The Morgan fingerprint density at radius 3 is 2.67 bits per heavy atom. The summed E-state index contributed by atoms with van der Waals surface area (Å²) in [5.74, 6) is -1.38. The molecule has 0 fully saturated rings. The lowest BCUT2D eigenvalue weighted by Crippen LogP contribution is -2.39. The van der Waals surface area contributed by atoms with Crippen molar-refractivity contribution in [1.29, 1.82) is 0 Å². The Morgan fingerprint density at radius 2 is 2.17 bits per heavy atom. The fourth-order valence-corrected chi connectivity index (χ4v) is 1.91. The summed E-state index contributed by atoms with van der Waals surface area (Å²) in [6.45, 7) is 0. The average Bonchev–Trinajstić information content (AvgIpc) is 2.39. The highest BCUT2D eigenvalue weighted by atomic mass is 19.1. The SMILES string of the molecule is COC1(C(=O)O)C=CC(c2ccccc2F)=CC1. The van der Waals surface area contributed by atoms with Crippen LogP contribution in [0, 0.1) is 5.82 Å². The lowest BCUT2D eigenvalue weighted by molar-refractivity contribution is -0.156. The summed E-state index contributed by atoms with van der Waals surface area (Å²) < 4.78 is 18.6. The minimum atomic E-state index is -1.34. The van der Waals surface area contributed by atoms with Crippen molar-refractivity contribution in [3.63, 3.8) is 0 Å². The van der Waals surface area contributed by atoms with Crippen molar-refractivity contribution in [3.8, 4) is 0 Å². The smallest absolute Gasteiger partial charge is 0.340 e. The number of aliphatic carboxylic acids is 1. The molecule has 1 atom stereocenters. The van der Waals surface area contributed by atoms with Crippen LogP contribution in [0.5, 0.6) is 0 Å². The van der Waals surface area contributed by atoms with E-state index in [0.717, 1.165) is 0 Å². The maximum Gasteiger partial charge on any atom is 0.340 e. The number of methoxy groups -OCH3 is 1. The molecule has 94 valence electrons. The Balaban J connectivity index is 2.31. The molecule has 0 heterocycles. The van der Waals surface area contributed by atoms with Crippen LogP contribution in [0.15, 0.2) is 42.5 Å². The normalized spacial score (nSPS) is 22.7. The Kier molecular flexibility index (Phi) is 3.30. The lowest BCUT2D eigenvalue weighted by atomic mass is 9.89. The number of carboxylic acid groups (broad SMARTS) is 1. The molecule has 0 spiro atoms. The molecular formula is C14H13FO3. The molecule has 1 aromatic carbocycles. The third-order valence-electron chi connectivity index (χ3n) is 3.07. The second-order valence-corrected chi connectivity index (χ2v) is 4.08. The van der Waals surface area contributed by atoms with Crippen LogP contribution in [0.2, 0.25) is 0 Å². The van der Waals surface area contributed by atoms with Crippen molar-refractivity contribution >= 4 is 11.5 Å². The van der Waals surface area contributed by atoms with Crippen LogP contribution in [-0.4, -0.2) is 23.8 Å². The second kappa shape index (κ2) is 4.74. The van der Waals surface area contributed by atoms with Gasteiger partial charge in [-0.1, -0.05) is 30.4 Å². The molecule has 0 saturated carbocycles. The number of benzene rings is 1. The van der Waals surface area contributed by atoms with Gasteiger partial charge >= 0.3 is 5.97 Å². The van der Waals surface area contributed by atoms with Gasteiger partial charge in [-0.2, -0.15) is 0 Å². The van der Waals surface area contributed by atoms with E-state index in [4.69, 9.17) is 9.84 Å². The predicted molar refractivity (Wildman–Crippen MR) is 65.5 cm³/mol. The Morgan fingerprint density at radius 1 is 1.44 bits per heavy atom. The van der Waals surface area contributed by atoms with Gasteiger partial charge < -0.3 is 9.84 Å². The van der Waals surface area contributed by atoms with Crippen LogP contribution >= 0.6 is 0 Å². The van der Waals surface area contributed by atoms with Crippen LogP contribution in [-0.2, 0) is 9.53 Å². The van der Waals surface area contributed by atoms with Gasteiger partial charge in [-0.3, -0.25) is 0 Å². The zero-order valence-corrected chi connectivity index (χ0v) is 9.89. The third-order valence-corrected chi connectivity index (χ3v) is 3.07. The number of carbonyl (C=O) groups is 1. The van der Waals surface area contributed by atoms with Crippen LogP contribution in [0.1, 0.15) is 12.0 Å². The standard InChI is InChI=1S/C14H13FO3/c1-18-14(13(16)17)8-6-10(7-9-14)11-4-2-3-5-12(11)15/h2-8H,9H2,1H3,(H,16,17). The average molecular weight is 248 g/mol. The first-order valence-corrected chi connectivity index (χ1v) is 5.52. The zero-order valence-electron chi connectivity index (χ0n) is 9.89. The molecule has 0 aromatic heterocycles. The number of allylic oxidation sites excluding steroid dienone is 2. The molecule has 1 aliphatic rings. The van der Waals surface area contributed by atoms with Crippen molar-refractivity contribution < 1.29 is 19.0 Å². The summed E-state index contributed by atoms with van der Waals surface area (Å²) in [4.78, 5) is 11.1. The number of halogens is 1. The van der Waals surface area contributed by atoms with Crippen molar-refractivity contribution in [1.82, 2.24) is 0 Å². The van der Waals surface area contributed by atoms with Crippen molar-refractivity contribution in [2.45, 2.75) is 12.0 Å². The largest absolute Gasteiger partial charge is 0.479 e. The molecule has 0 saturated heterocycles. The number of carboxylic acids is 1. The fourth-order valence-electron chi connectivity index (χ4n) is 1.91. The highest BCUT2D eigenvalue weighted by Gasteiger charge is 2.36. The molecule has 1 aromatic rings. The number of rotatable bonds is 3. The molecule has 1 N–H and O–H groups in total. The molecule has 0 aliphatic heterocycles. The minimum absolute atomic E-state index is 0.180. The summed E-state index contributed by atoms with van der Waals surface area (Å²) >= 11 is 0. The van der Waals surface area contributed by atoms with Gasteiger partial charge in [0.05, 0.1) is 0 Å². The zero-order chi connectivity index (χ0) is 13.2. The summed E-state index contributed by atoms with van der Waals surface area (Å²) in [5, 5.41) is 9.12. The van der Waals surface area contributed by atoms with Gasteiger partial charge in [-0.25, -0.2) is 9.18 Å². The van der Waals surface area contributed by atoms with Gasteiger partial charge in [0, 0.05) is 19.1 Å². The van der Waals surface area contributed by atoms with E-state index < -0.39 is 11.6 Å². The first-order valence-electron chi connectivity index (χ1n) is 5.52. The van der Waals surface area contributed by atoms with E-state index in [1.165, 1.54) is 19.3 Å².